The summed E-state index contributed by atoms with van der Waals surface area (Å²) in [7, 11) is 1.31. The molecular formula is C10H9ClO3. The smallest absolute Gasteiger partial charge is 0.337 e. The van der Waals surface area contributed by atoms with E-state index in [1.807, 2.05) is 0 Å². The van der Waals surface area contributed by atoms with Gasteiger partial charge in [-0.25, -0.2) is 4.79 Å². The van der Waals surface area contributed by atoms with Gasteiger partial charge in [0, 0.05) is 0 Å². The summed E-state index contributed by atoms with van der Waals surface area (Å²) >= 11 is 5.83. The van der Waals surface area contributed by atoms with Crippen LogP contribution in [0, 0.1) is 0 Å². The minimum absolute atomic E-state index is 0.341. The third kappa shape index (κ3) is 2.26. The zero-order chi connectivity index (χ0) is 10.6. The Bertz CT molecular complexity index is 360. The number of carbonyl (C=O) groups is 1. The van der Waals surface area contributed by atoms with Crippen LogP contribution in [0.4, 0.5) is 0 Å². The molecule has 0 radical (unpaired) electrons. The Kier molecular flexibility index (Phi) is 3.54. The molecule has 0 bridgehead atoms. The van der Waals surface area contributed by atoms with Crippen LogP contribution in [0.2, 0.25) is 5.02 Å². The molecule has 1 aromatic carbocycles. The monoisotopic (exact) mass is 212 g/mol. The Hall–Kier alpha value is -1.48. The van der Waals surface area contributed by atoms with Crippen molar-refractivity contribution < 1.29 is 14.3 Å². The zero-order valence-electron chi connectivity index (χ0n) is 7.62. The molecule has 4 heteroatoms. The van der Waals surface area contributed by atoms with Crippen molar-refractivity contribution in [1.29, 1.82) is 0 Å². The normalized spacial score (nSPS) is 9.29. The SMILES string of the molecule is C=COc1ccc(C(=O)OC)cc1Cl. The van der Waals surface area contributed by atoms with Gasteiger partial charge in [-0.1, -0.05) is 18.2 Å². The lowest BCUT2D eigenvalue weighted by Crippen LogP contribution is -2.00. The Balaban J connectivity index is 2.99. The summed E-state index contributed by atoms with van der Waals surface area (Å²) < 4.78 is 9.52. The summed E-state index contributed by atoms with van der Waals surface area (Å²) in [6.07, 6.45) is 1.26. The van der Waals surface area contributed by atoms with E-state index >= 15 is 0 Å². The molecule has 0 aliphatic carbocycles. The largest absolute Gasteiger partial charge is 0.465 e. The van der Waals surface area contributed by atoms with Crippen LogP contribution in [-0.4, -0.2) is 13.1 Å². The number of methoxy groups -OCH3 is 1. The lowest BCUT2D eigenvalue weighted by atomic mass is 10.2. The van der Waals surface area contributed by atoms with Crippen LogP contribution in [-0.2, 0) is 4.74 Å². The summed E-state index contributed by atoms with van der Waals surface area (Å²) in [5, 5.41) is 0.341. The lowest BCUT2D eigenvalue weighted by Gasteiger charge is -2.04. The molecule has 0 aromatic heterocycles. The molecule has 0 aliphatic heterocycles. The highest BCUT2D eigenvalue weighted by molar-refractivity contribution is 6.32. The van der Waals surface area contributed by atoms with Gasteiger partial charge in [0.2, 0.25) is 0 Å². The molecule has 0 aliphatic rings. The third-order valence-corrected chi connectivity index (χ3v) is 1.86. The summed E-state index contributed by atoms with van der Waals surface area (Å²) in [5.41, 5.74) is 0.383. The van der Waals surface area contributed by atoms with Gasteiger partial charge in [-0.3, -0.25) is 0 Å². The van der Waals surface area contributed by atoms with Gasteiger partial charge in [0.15, 0.2) is 0 Å². The zero-order valence-corrected chi connectivity index (χ0v) is 8.38. The van der Waals surface area contributed by atoms with Gasteiger partial charge in [-0.05, 0) is 18.2 Å². The van der Waals surface area contributed by atoms with Gasteiger partial charge in [-0.2, -0.15) is 0 Å². The van der Waals surface area contributed by atoms with Crippen molar-refractivity contribution in [3.8, 4) is 5.75 Å². The predicted molar refractivity (Wildman–Crippen MR) is 53.6 cm³/mol. The summed E-state index contributed by atoms with van der Waals surface area (Å²) in [6, 6.07) is 4.62. The van der Waals surface area contributed by atoms with Crippen LogP contribution >= 0.6 is 11.6 Å². The van der Waals surface area contributed by atoms with Crippen molar-refractivity contribution in [3.63, 3.8) is 0 Å². The van der Waals surface area contributed by atoms with E-state index in [2.05, 4.69) is 11.3 Å². The highest BCUT2D eigenvalue weighted by atomic mass is 35.5. The Labute approximate surface area is 86.9 Å². The first-order valence-electron chi connectivity index (χ1n) is 3.84. The van der Waals surface area contributed by atoms with E-state index in [1.165, 1.54) is 19.4 Å². The molecule has 1 rings (SSSR count). The summed E-state index contributed by atoms with van der Waals surface area (Å²) in [4.78, 5) is 11.1. The molecule has 74 valence electrons. The molecule has 0 saturated carbocycles. The molecule has 0 spiro atoms. The van der Waals surface area contributed by atoms with Gasteiger partial charge < -0.3 is 9.47 Å². The summed E-state index contributed by atoms with van der Waals surface area (Å²) in [5.74, 6) is 0.0198. The van der Waals surface area contributed by atoms with Crippen LogP contribution in [0.25, 0.3) is 0 Å². The third-order valence-electron chi connectivity index (χ3n) is 1.56. The minimum Gasteiger partial charge on any atom is -0.465 e. The Morgan fingerprint density at radius 2 is 2.29 bits per heavy atom. The van der Waals surface area contributed by atoms with Crippen LogP contribution in [0.15, 0.2) is 31.0 Å². The van der Waals surface area contributed by atoms with Crippen LogP contribution in [0.1, 0.15) is 10.4 Å². The van der Waals surface area contributed by atoms with Crippen molar-refractivity contribution in [2.24, 2.45) is 0 Å². The highest BCUT2D eigenvalue weighted by Gasteiger charge is 2.08. The second-order valence-electron chi connectivity index (χ2n) is 2.42. The second-order valence-corrected chi connectivity index (χ2v) is 2.83. The van der Waals surface area contributed by atoms with Gasteiger partial charge >= 0.3 is 5.97 Å². The lowest BCUT2D eigenvalue weighted by molar-refractivity contribution is 0.0600. The number of ether oxygens (including phenoxy) is 2. The molecule has 0 amide bonds. The number of rotatable bonds is 3. The number of hydrogen-bond donors (Lipinski definition) is 0. The van der Waals surface area contributed by atoms with E-state index in [9.17, 15) is 4.79 Å². The molecule has 0 unspecified atom stereocenters. The molecule has 0 N–H and O–H groups in total. The quantitative estimate of drug-likeness (QED) is 0.571. The standard InChI is InChI=1S/C10H9ClO3/c1-3-14-9-5-4-7(6-8(9)11)10(12)13-2/h3-6H,1H2,2H3. The van der Waals surface area contributed by atoms with Gasteiger partial charge in [0.05, 0.1) is 24.0 Å². The first-order chi connectivity index (χ1) is 6.69. The van der Waals surface area contributed by atoms with E-state index in [0.717, 1.165) is 0 Å². The second kappa shape index (κ2) is 4.67. The maximum atomic E-state index is 11.1. The maximum Gasteiger partial charge on any atom is 0.337 e. The van der Waals surface area contributed by atoms with Crippen LogP contribution in [0.5, 0.6) is 5.75 Å². The average Bonchev–Trinajstić information content (AvgIpc) is 2.20. The number of carbonyl (C=O) groups excluding carboxylic acids is 1. The maximum absolute atomic E-state index is 11.1. The van der Waals surface area contributed by atoms with Crippen LogP contribution < -0.4 is 4.74 Å². The van der Waals surface area contributed by atoms with Gasteiger partial charge in [0.1, 0.15) is 5.75 Å². The molecule has 0 heterocycles. The molecular weight excluding hydrogens is 204 g/mol. The first kappa shape index (κ1) is 10.6. The predicted octanol–water partition coefficient (Wildman–Crippen LogP) is 2.65. The van der Waals surface area contributed by atoms with E-state index < -0.39 is 5.97 Å². The Morgan fingerprint density at radius 3 is 2.79 bits per heavy atom. The van der Waals surface area contributed by atoms with Gasteiger partial charge in [0.25, 0.3) is 0 Å². The van der Waals surface area contributed by atoms with Crippen molar-refractivity contribution in [2.45, 2.75) is 0 Å². The molecule has 1 aromatic rings. The molecule has 0 saturated heterocycles. The highest BCUT2D eigenvalue weighted by Crippen LogP contribution is 2.25. The number of esters is 1. The Morgan fingerprint density at radius 1 is 1.57 bits per heavy atom. The fraction of sp³-hybridized carbons (Fsp3) is 0.100. The topological polar surface area (TPSA) is 35.5 Å². The summed E-state index contributed by atoms with van der Waals surface area (Å²) in [6.45, 7) is 3.40. The van der Waals surface area contributed by atoms with E-state index in [0.29, 0.717) is 16.3 Å². The number of halogens is 1. The van der Waals surface area contributed by atoms with E-state index in [4.69, 9.17) is 16.3 Å². The van der Waals surface area contributed by atoms with E-state index in [-0.39, 0.29) is 0 Å². The van der Waals surface area contributed by atoms with Crippen molar-refractivity contribution in [3.05, 3.63) is 41.6 Å². The van der Waals surface area contributed by atoms with Crippen molar-refractivity contribution in [2.75, 3.05) is 7.11 Å². The molecule has 0 fully saturated rings. The average molecular weight is 213 g/mol. The van der Waals surface area contributed by atoms with Gasteiger partial charge in [-0.15, -0.1) is 0 Å². The van der Waals surface area contributed by atoms with Crippen molar-refractivity contribution >= 4 is 17.6 Å². The molecule has 14 heavy (non-hydrogen) atoms. The minimum atomic E-state index is -0.433. The van der Waals surface area contributed by atoms with Crippen LogP contribution in [0.3, 0.4) is 0 Å². The van der Waals surface area contributed by atoms with E-state index in [1.54, 1.807) is 12.1 Å². The first-order valence-corrected chi connectivity index (χ1v) is 4.22. The fourth-order valence-corrected chi connectivity index (χ4v) is 1.16. The fourth-order valence-electron chi connectivity index (χ4n) is 0.931. The number of hydrogen-bond acceptors (Lipinski definition) is 3. The molecule has 3 nitrogen and oxygen atoms in total. The van der Waals surface area contributed by atoms with Crippen molar-refractivity contribution in [1.82, 2.24) is 0 Å². The molecule has 0 atom stereocenters. The number of benzene rings is 1.